The number of urea groups is 1. The summed E-state index contributed by atoms with van der Waals surface area (Å²) >= 11 is 1.64. The molecule has 112 valence electrons. The summed E-state index contributed by atoms with van der Waals surface area (Å²) in [7, 11) is 3.32. The minimum absolute atomic E-state index is 0.132. The highest BCUT2D eigenvalue weighted by Crippen LogP contribution is 2.10. The molecule has 0 bridgehead atoms. The van der Waals surface area contributed by atoms with Crippen LogP contribution in [0.3, 0.4) is 0 Å². The Morgan fingerprint density at radius 1 is 1.45 bits per heavy atom. The number of nitrogens with zero attached hydrogens (tertiary/aromatic N) is 2. The molecule has 1 rings (SSSR count). The number of rotatable bonds is 6. The SMILES string of the molecule is CCc1nc(CCNC(=O)N[C@@H](C)C(=O)N(C)C)cs1. The molecule has 6 nitrogen and oxygen atoms in total. The standard InChI is InChI=1S/C13H22N4O2S/c1-5-11-16-10(8-20-11)6-7-14-13(19)15-9(2)12(18)17(3)4/h8-9H,5-7H2,1-4H3,(H2,14,15,19)/t9-/m0/s1. The number of aromatic nitrogens is 1. The summed E-state index contributed by atoms with van der Waals surface area (Å²) in [6.45, 7) is 4.23. The fourth-order valence-corrected chi connectivity index (χ4v) is 2.41. The summed E-state index contributed by atoms with van der Waals surface area (Å²) in [6, 6.07) is -0.866. The maximum atomic E-state index is 11.6. The van der Waals surface area contributed by atoms with E-state index in [0.29, 0.717) is 13.0 Å². The van der Waals surface area contributed by atoms with Crippen molar-refractivity contribution in [1.29, 1.82) is 0 Å². The third-order valence-corrected chi connectivity index (χ3v) is 3.77. The van der Waals surface area contributed by atoms with Crippen LogP contribution in [0.1, 0.15) is 24.5 Å². The molecule has 0 aromatic carbocycles. The Balaban J connectivity index is 2.28. The Labute approximate surface area is 123 Å². The van der Waals surface area contributed by atoms with Crippen molar-refractivity contribution in [3.8, 4) is 0 Å². The summed E-state index contributed by atoms with van der Waals surface area (Å²) < 4.78 is 0. The van der Waals surface area contributed by atoms with Gasteiger partial charge in [0.25, 0.3) is 0 Å². The van der Waals surface area contributed by atoms with Gasteiger partial charge in [-0.1, -0.05) is 6.92 Å². The molecule has 2 N–H and O–H groups in total. The van der Waals surface area contributed by atoms with Gasteiger partial charge in [0.2, 0.25) is 5.91 Å². The second kappa shape index (κ2) is 7.84. The van der Waals surface area contributed by atoms with E-state index in [1.54, 1.807) is 32.4 Å². The van der Waals surface area contributed by atoms with Gasteiger partial charge < -0.3 is 15.5 Å². The number of aryl methyl sites for hydroxylation is 1. The maximum Gasteiger partial charge on any atom is 0.315 e. The number of nitrogens with one attached hydrogen (secondary N) is 2. The summed E-state index contributed by atoms with van der Waals surface area (Å²) in [5.74, 6) is -0.132. The van der Waals surface area contributed by atoms with Crippen molar-refractivity contribution in [2.24, 2.45) is 0 Å². The molecule has 0 fully saturated rings. The van der Waals surface area contributed by atoms with Crippen LogP contribution >= 0.6 is 11.3 Å². The van der Waals surface area contributed by atoms with Crippen LogP contribution < -0.4 is 10.6 Å². The molecule has 20 heavy (non-hydrogen) atoms. The first-order valence-electron chi connectivity index (χ1n) is 6.62. The third-order valence-electron chi connectivity index (χ3n) is 2.73. The summed E-state index contributed by atoms with van der Waals surface area (Å²) in [5, 5.41) is 8.45. The average molecular weight is 298 g/mol. The molecule has 0 radical (unpaired) electrons. The fraction of sp³-hybridized carbons (Fsp3) is 0.615. The summed E-state index contributed by atoms with van der Waals surface area (Å²) in [6.07, 6.45) is 1.63. The number of thiazole rings is 1. The van der Waals surface area contributed by atoms with Crippen molar-refractivity contribution in [1.82, 2.24) is 20.5 Å². The predicted molar refractivity (Wildman–Crippen MR) is 79.9 cm³/mol. The first kappa shape index (κ1) is 16.4. The normalized spacial score (nSPS) is 11.8. The van der Waals surface area contributed by atoms with Crippen LogP contribution in [0.5, 0.6) is 0 Å². The minimum Gasteiger partial charge on any atom is -0.347 e. The van der Waals surface area contributed by atoms with Gasteiger partial charge in [-0.25, -0.2) is 9.78 Å². The van der Waals surface area contributed by atoms with Crippen LogP contribution in [-0.4, -0.2) is 48.5 Å². The zero-order valence-electron chi connectivity index (χ0n) is 12.4. The lowest BCUT2D eigenvalue weighted by Crippen LogP contribution is -2.48. The molecule has 3 amide bonds. The lowest BCUT2D eigenvalue weighted by molar-refractivity contribution is -0.130. The Morgan fingerprint density at radius 2 is 2.15 bits per heavy atom. The van der Waals surface area contributed by atoms with E-state index in [1.165, 1.54) is 4.90 Å². The molecule has 0 aliphatic heterocycles. The number of hydrogen-bond donors (Lipinski definition) is 2. The number of carbonyl (C=O) groups is 2. The quantitative estimate of drug-likeness (QED) is 0.823. The van der Waals surface area contributed by atoms with Gasteiger partial charge in [0.1, 0.15) is 6.04 Å². The first-order chi connectivity index (χ1) is 9.43. The highest BCUT2D eigenvalue weighted by molar-refractivity contribution is 7.09. The smallest absolute Gasteiger partial charge is 0.315 e. The average Bonchev–Trinajstić information content (AvgIpc) is 2.85. The summed E-state index contributed by atoms with van der Waals surface area (Å²) in [4.78, 5) is 29.1. The molecule has 1 aromatic heterocycles. The van der Waals surface area contributed by atoms with Gasteiger partial charge in [-0.3, -0.25) is 4.79 Å². The second-order valence-corrected chi connectivity index (χ2v) is 5.63. The number of hydrogen-bond acceptors (Lipinski definition) is 4. The minimum atomic E-state index is -0.532. The van der Waals surface area contributed by atoms with Crippen molar-refractivity contribution in [3.05, 3.63) is 16.1 Å². The van der Waals surface area contributed by atoms with Crippen molar-refractivity contribution < 1.29 is 9.59 Å². The van der Waals surface area contributed by atoms with E-state index >= 15 is 0 Å². The number of amides is 3. The second-order valence-electron chi connectivity index (χ2n) is 4.69. The zero-order valence-corrected chi connectivity index (χ0v) is 13.2. The lowest BCUT2D eigenvalue weighted by Gasteiger charge is -2.18. The van der Waals surface area contributed by atoms with Gasteiger partial charge in [0.15, 0.2) is 0 Å². The third kappa shape index (κ3) is 5.16. The van der Waals surface area contributed by atoms with Gasteiger partial charge in [-0.15, -0.1) is 11.3 Å². The largest absolute Gasteiger partial charge is 0.347 e. The van der Waals surface area contributed by atoms with Crippen molar-refractivity contribution in [3.63, 3.8) is 0 Å². The Morgan fingerprint density at radius 3 is 2.70 bits per heavy atom. The van der Waals surface area contributed by atoms with E-state index in [2.05, 4.69) is 22.5 Å². The molecule has 1 heterocycles. The monoisotopic (exact) mass is 298 g/mol. The number of carbonyl (C=O) groups excluding carboxylic acids is 2. The van der Waals surface area contributed by atoms with Gasteiger partial charge in [0, 0.05) is 32.4 Å². The molecule has 0 saturated heterocycles. The molecule has 0 saturated carbocycles. The van der Waals surface area contributed by atoms with E-state index in [9.17, 15) is 9.59 Å². The van der Waals surface area contributed by atoms with E-state index in [0.717, 1.165) is 17.1 Å². The highest BCUT2D eigenvalue weighted by atomic mass is 32.1. The van der Waals surface area contributed by atoms with E-state index in [-0.39, 0.29) is 11.9 Å². The van der Waals surface area contributed by atoms with Gasteiger partial charge >= 0.3 is 6.03 Å². The van der Waals surface area contributed by atoms with E-state index < -0.39 is 6.04 Å². The molecule has 7 heteroatoms. The van der Waals surface area contributed by atoms with Crippen LogP contribution in [0, 0.1) is 0 Å². The lowest BCUT2D eigenvalue weighted by atomic mass is 10.3. The van der Waals surface area contributed by atoms with Crippen molar-refractivity contribution >= 4 is 23.3 Å². The molecule has 0 aliphatic rings. The predicted octanol–water partition coefficient (Wildman–Crippen LogP) is 1.02. The van der Waals surface area contributed by atoms with Gasteiger partial charge in [-0.05, 0) is 13.3 Å². The van der Waals surface area contributed by atoms with Gasteiger partial charge in [-0.2, -0.15) is 0 Å². The van der Waals surface area contributed by atoms with Crippen molar-refractivity contribution in [2.75, 3.05) is 20.6 Å². The van der Waals surface area contributed by atoms with Crippen LogP contribution in [-0.2, 0) is 17.6 Å². The maximum absolute atomic E-state index is 11.6. The van der Waals surface area contributed by atoms with Crippen LogP contribution in [0.25, 0.3) is 0 Å². The first-order valence-corrected chi connectivity index (χ1v) is 7.50. The Bertz CT molecular complexity index is 459. The van der Waals surface area contributed by atoms with Crippen LogP contribution in [0.2, 0.25) is 0 Å². The van der Waals surface area contributed by atoms with E-state index in [1.807, 2.05) is 5.38 Å². The zero-order chi connectivity index (χ0) is 15.1. The Kier molecular flexibility index (Phi) is 6.44. The Hall–Kier alpha value is -1.63. The topological polar surface area (TPSA) is 74.3 Å². The van der Waals surface area contributed by atoms with Crippen LogP contribution in [0.15, 0.2) is 5.38 Å². The molecule has 0 unspecified atom stereocenters. The fourth-order valence-electron chi connectivity index (χ4n) is 1.63. The van der Waals surface area contributed by atoms with Crippen LogP contribution in [0.4, 0.5) is 4.79 Å². The highest BCUT2D eigenvalue weighted by Gasteiger charge is 2.16. The summed E-state index contributed by atoms with van der Waals surface area (Å²) in [5.41, 5.74) is 0.990. The number of likely N-dealkylation sites (N-methyl/N-ethyl adjacent to an activating group) is 1. The molecule has 0 spiro atoms. The van der Waals surface area contributed by atoms with Gasteiger partial charge in [0.05, 0.1) is 10.7 Å². The molecule has 1 aromatic rings. The van der Waals surface area contributed by atoms with E-state index in [4.69, 9.17) is 0 Å². The molecule has 1 atom stereocenters. The molecular weight excluding hydrogens is 276 g/mol. The molecule has 0 aliphatic carbocycles. The van der Waals surface area contributed by atoms with Crippen molar-refractivity contribution in [2.45, 2.75) is 32.7 Å². The molecular formula is C13H22N4O2S.